The number of likely N-dealkylation sites (tertiary alicyclic amines) is 1. The van der Waals surface area contributed by atoms with Crippen molar-refractivity contribution in [3.63, 3.8) is 0 Å². The van der Waals surface area contributed by atoms with Crippen molar-refractivity contribution in [3.05, 3.63) is 42.4 Å². The third kappa shape index (κ3) is 4.03. The Bertz CT molecular complexity index is 642. The van der Waals surface area contributed by atoms with Gasteiger partial charge in [-0.3, -0.25) is 4.79 Å². The number of hydrogen-bond acceptors (Lipinski definition) is 4. The minimum atomic E-state index is 0.130. The average molecular weight is 327 g/mol. The number of rotatable bonds is 5. The van der Waals surface area contributed by atoms with Crippen LogP contribution in [0.4, 0.5) is 0 Å². The van der Waals surface area contributed by atoms with E-state index in [2.05, 4.69) is 24.0 Å². The van der Waals surface area contributed by atoms with Gasteiger partial charge in [0.1, 0.15) is 0 Å². The molecule has 2 aromatic rings. The molecular weight excluding hydrogens is 302 g/mol. The zero-order valence-electron chi connectivity index (χ0n) is 14.4. The Balaban J connectivity index is 1.55. The highest BCUT2D eigenvalue weighted by Crippen LogP contribution is 2.23. The summed E-state index contributed by atoms with van der Waals surface area (Å²) in [4.78, 5) is 20.8. The summed E-state index contributed by atoms with van der Waals surface area (Å²) < 4.78 is 5.28. The molecule has 0 spiro atoms. The molecule has 3 rings (SSSR count). The van der Waals surface area contributed by atoms with Crippen molar-refractivity contribution in [2.45, 2.75) is 19.3 Å². The number of carbonyl (C=O) groups is 1. The summed E-state index contributed by atoms with van der Waals surface area (Å²) in [5, 5.41) is 0. The first-order valence-electron chi connectivity index (χ1n) is 8.56. The van der Waals surface area contributed by atoms with Crippen LogP contribution in [0.3, 0.4) is 0 Å². The van der Waals surface area contributed by atoms with Crippen LogP contribution in [-0.2, 0) is 0 Å². The van der Waals surface area contributed by atoms with Crippen LogP contribution in [-0.4, -0.2) is 54.4 Å². The molecule has 24 heavy (non-hydrogen) atoms. The van der Waals surface area contributed by atoms with Gasteiger partial charge in [0.15, 0.2) is 12.2 Å². The Morgan fingerprint density at radius 1 is 1.25 bits per heavy atom. The maximum Gasteiger partial charge on any atom is 0.253 e. The van der Waals surface area contributed by atoms with Gasteiger partial charge >= 0.3 is 0 Å². The molecule has 0 saturated carbocycles. The number of nitrogens with zero attached hydrogens (tertiary/aromatic N) is 3. The van der Waals surface area contributed by atoms with E-state index in [-0.39, 0.29) is 5.91 Å². The fourth-order valence-electron chi connectivity index (χ4n) is 3.18. The Kier molecular flexibility index (Phi) is 5.30. The Morgan fingerprint density at radius 3 is 2.54 bits per heavy atom. The van der Waals surface area contributed by atoms with E-state index in [0.717, 1.165) is 55.3 Å². The van der Waals surface area contributed by atoms with Crippen LogP contribution >= 0.6 is 0 Å². The largest absolute Gasteiger partial charge is 0.444 e. The van der Waals surface area contributed by atoms with Crippen molar-refractivity contribution in [1.29, 1.82) is 0 Å². The van der Waals surface area contributed by atoms with Gasteiger partial charge in [0.05, 0.1) is 6.20 Å². The number of benzene rings is 1. The summed E-state index contributed by atoms with van der Waals surface area (Å²) in [5.74, 6) is 1.59. The van der Waals surface area contributed by atoms with Crippen molar-refractivity contribution in [2.75, 3.05) is 33.7 Å². The Morgan fingerprint density at radius 2 is 1.96 bits per heavy atom. The van der Waals surface area contributed by atoms with Crippen molar-refractivity contribution in [2.24, 2.45) is 5.92 Å². The van der Waals surface area contributed by atoms with Gasteiger partial charge in [0.25, 0.3) is 5.91 Å². The molecule has 128 valence electrons. The Labute approximate surface area is 143 Å². The zero-order valence-corrected chi connectivity index (χ0v) is 14.4. The lowest BCUT2D eigenvalue weighted by atomic mass is 9.93. The molecule has 0 unspecified atom stereocenters. The minimum Gasteiger partial charge on any atom is -0.444 e. The van der Waals surface area contributed by atoms with E-state index in [1.807, 2.05) is 29.2 Å². The lowest BCUT2D eigenvalue weighted by Gasteiger charge is -2.32. The fraction of sp³-hybridized carbons (Fsp3) is 0.474. The van der Waals surface area contributed by atoms with Gasteiger partial charge in [-0.25, -0.2) is 4.98 Å². The van der Waals surface area contributed by atoms with Gasteiger partial charge in [-0.2, -0.15) is 0 Å². The second-order valence-electron chi connectivity index (χ2n) is 6.77. The molecule has 1 aliphatic heterocycles. The number of carbonyl (C=O) groups excluding carboxylic acids is 1. The van der Waals surface area contributed by atoms with E-state index in [4.69, 9.17) is 4.42 Å². The summed E-state index contributed by atoms with van der Waals surface area (Å²) >= 11 is 0. The third-order valence-electron chi connectivity index (χ3n) is 4.73. The summed E-state index contributed by atoms with van der Waals surface area (Å²) in [6, 6.07) is 7.58. The van der Waals surface area contributed by atoms with Crippen molar-refractivity contribution < 1.29 is 9.21 Å². The first-order chi connectivity index (χ1) is 11.6. The molecule has 1 fully saturated rings. The lowest BCUT2D eigenvalue weighted by molar-refractivity contribution is 0.0683. The van der Waals surface area contributed by atoms with E-state index in [9.17, 15) is 4.79 Å². The topological polar surface area (TPSA) is 49.6 Å². The molecule has 0 bridgehead atoms. The number of amides is 1. The molecule has 1 aliphatic rings. The summed E-state index contributed by atoms with van der Waals surface area (Å²) in [5.41, 5.74) is 1.68. The molecule has 1 aromatic carbocycles. The Hall–Kier alpha value is -2.14. The van der Waals surface area contributed by atoms with Crippen LogP contribution in [0.15, 0.2) is 41.3 Å². The van der Waals surface area contributed by atoms with Crippen LogP contribution in [0.5, 0.6) is 0 Å². The van der Waals surface area contributed by atoms with Crippen LogP contribution in [0, 0.1) is 5.92 Å². The average Bonchev–Trinajstić information content (AvgIpc) is 3.14. The van der Waals surface area contributed by atoms with E-state index in [1.54, 1.807) is 6.20 Å². The molecular formula is C19H25N3O2. The normalized spacial score (nSPS) is 15.9. The predicted octanol–water partition coefficient (Wildman–Crippen LogP) is 3.15. The molecule has 1 saturated heterocycles. The van der Waals surface area contributed by atoms with Crippen molar-refractivity contribution in [3.8, 4) is 11.3 Å². The highest BCUT2D eigenvalue weighted by molar-refractivity contribution is 5.94. The smallest absolute Gasteiger partial charge is 0.253 e. The molecule has 2 heterocycles. The monoisotopic (exact) mass is 327 g/mol. The van der Waals surface area contributed by atoms with E-state index in [0.29, 0.717) is 0 Å². The quantitative estimate of drug-likeness (QED) is 0.846. The molecule has 0 aliphatic carbocycles. The third-order valence-corrected chi connectivity index (χ3v) is 4.73. The molecule has 1 amide bonds. The first kappa shape index (κ1) is 16.7. The zero-order chi connectivity index (χ0) is 16.9. The first-order valence-corrected chi connectivity index (χ1v) is 8.56. The van der Waals surface area contributed by atoms with Gasteiger partial charge in [-0.15, -0.1) is 0 Å². The molecule has 5 nitrogen and oxygen atoms in total. The number of piperidine rings is 1. The van der Waals surface area contributed by atoms with Gasteiger partial charge in [0, 0.05) is 24.2 Å². The highest BCUT2D eigenvalue weighted by Gasteiger charge is 2.23. The minimum absolute atomic E-state index is 0.130. The summed E-state index contributed by atoms with van der Waals surface area (Å²) in [7, 11) is 4.22. The van der Waals surface area contributed by atoms with Crippen LogP contribution < -0.4 is 0 Å². The second kappa shape index (κ2) is 7.62. The standard InChI is InChI=1S/C19H25N3O2/c1-21(2)10-7-15-8-11-22(12-9-15)19(23)17-5-3-16(4-6-17)18-13-20-14-24-18/h3-6,13-15H,7-12H2,1-2H3. The molecule has 0 atom stereocenters. The molecule has 0 radical (unpaired) electrons. The summed E-state index contributed by atoms with van der Waals surface area (Å²) in [6.07, 6.45) is 6.52. The van der Waals surface area contributed by atoms with E-state index < -0.39 is 0 Å². The predicted molar refractivity (Wildman–Crippen MR) is 93.7 cm³/mol. The number of hydrogen-bond donors (Lipinski definition) is 0. The van der Waals surface area contributed by atoms with Crippen LogP contribution in [0.1, 0.15) is 29.6 Å². The maximum absolute atomic E-state index is 12.7. The molecule has 5 heteroatoms. The number of oxazole rings is 1. The lowest BCUT2D eigenvalue weighted by Crippen LogP contribution is -2.39. The van der Waals surface area contributed by atoms with Gasteiger partial charge in [-0.05, 0) is 58.0 Å². The van der Waals surface area contributed by atoms with E-state index in [1.165, 1.54) is 12.8 Å². The molecule has 1 aromatic heterocycles. The van der Waals surface area contributed by atoms with Gasteiger partial charge in [0.2, 0.25) is 0 Å². The van der Waals surface area contributed by atoms with Gasteiger partial charge in [-0.1, -0.05) is 12.1 Å². The highest BCUT2D eigenvalue weighted by atomic mass is 16.3. The van der Waals surface area contributed by atoms with Crippen LogP contribution in [0.25, 0.3) is 11.3 Å². The molecule has 0 N–H and O–H groups in total. The van der Waals surface area contributed by atoms with Crippen molar-refractivity contribution >= 4 is 5.91 Å². The number of aromatic nitrogens is 1. The summed E-state index contributed by atoms with van der Waals surface area (Å²) in [6.45, 7) is 2.85. The fourth-order valence-corrected chi connectivity index (χ4v) is 3.18. The van der Waals surface area contributed by atoms with Gasteiger partial charge < -0.3 is 14.2 Å². The second-order valence-corrected chi connectivity index (χ2v) is 6.77. The van der Waals surface area contributed by atoms with Crippen molar-refractivity contribution in [1.82, 2.24) is 14.8 Å². The van der Waals surface area contributed by atoms with E-state index >= 15 is 0 Å². The van der Waals surface area contributed by atoms with Crippen LogP contribution in [0.2, 0.25) is 0 Å². The SMILES string of the molecule is CN(C)CCC1CCN(C(=O)c2ccc(-c3cnco3)cc2)CC1. The maximum atomic E-state index is 12.7.